The fourth-order valence-corrected chi connectivity index (χ4v) is 2.47. The lowest BCUT2D eigenvalue weighted by Gasteiger charge is -2.09. The van der Waals surface area contributed by atoms with Crippen LogP contribution in [0.25, 0.3) is 0 Å². The van der Waals surface area contributed by atoms with Gasteiger partial charge in [0.2, 0.25) is 5.17 Å². The highest BCUT2D eigenvalue weighted by molar-refractivity contribution is 8.14. The summed E-state index contributed by atoms with van der Waals surface area (Å²) in [6.45, 7) is 4.06. The number of hydrogen-bond donors (Lipinski definition) is 2. The van der Waals surface area contributed by atoms with E-state index in [1.54, 1.807) is 12.1 Å². The van der Waals surface area contributed by atoms with Crippen molar-refractivity contribution in [1.82, 2.24) is 10.9 Å². The highest BCUT2D eigenvalue weighted by atomic mass is 32.2. The van der Waals surface area contributed by atoms with Crippen LogP contribution in [0.2, 0.25) is 0 Å². The van der Waals surface area contributed by atoms with E-state index in [0.29, 0.717) is 11.1 Å². The van der Waals surface area contributed by atoms with Crippen LogP contribution in [0.3, 0.4) is 0 Å². The van der Waals surface area contributed by atoms with Crippen molar-refractivity contribution in [2.75, 3.05) is 0 Å². The number of aliphatic imine (C=N–C) groups is 1. The number of thioether (sulfide) groups is 1. The number of aromatic carboxylic acids is 1. The minimum absolute atomic E-state index is 0.0572. The van der Waals surface area contributed by atoms with Gasteiger partial charge in [-0.15, -0.1) is 0 Å². The zero-order valence-electron chi connectivity index (χ0n) is 11.0. The predicted molar refractivity (Wildman–Crippen MR) is 76.7 cm³/mol. The van der Waals surface area contributed by atoms with Gasteiger partial charge in [-0.2, -0.15) is 15.8 Å². The lowest BCUT2D eigenvalue weighted by Crippen LogP contribution is -2.29. The van der Waals surface area contributed by atoms with Crippen LogP contribution in [0.15, 0.2) is 29.3 Å². The van der Waals surface area contributed by atoms with E-state index in [-0.39, 0.29) is 16.5 Å². The molecule has 1 saturated heterocycles. The van der Waals surface area contributed by atoms with Crippen LogP contribution >= 0.6 is 11.8 Å². The molecule has 1 aliphatic heterocycles. The number of nitrogens with zero attached hydrogens (tertiary/aromatic N) is 2. The molecule has 1 aromatic rings. The Balaban J connectivity index is 2.19. The van der Waals surface area contributed by atoms with Crippen LogP contribution < -0.4 is 10.9 Å². The minimum Gasteiger partial charge on any atom is -0.478 e. The van der Waals surface area contributed by atoms with Gasteiger partial charge in [0.25, 0.3) is 5.91 Å². The summed E-state index contributed by atoms with van der Waals surface area (Å²) in [5, 5.41) is 9.46. The van der Waals surface area contributed by atoms with Crippen LogP contribution in [0.1, 0.15) is 34.6 Å². The quantitative estimate of drug-likeness (QED) is 0.884. The molecule has 1 amide bonds. The van der Waals surface area contributed by atoms with E-state index in [4.69, 9.17) is 5.11 Å². The van der Waals surface area contributed by atoms with Gasteiger partial charge in [0.05, 0.1) is 16.5 Å². The largest absolute Gasteiger partial charge is 0.478 e. The molecule has 0 saturated carbocycles. The molecule has 1 aliphatic rings. The Hall–Kier alpha value is -1.86. The number of hydrogen-bond acceptors (Lipinski definition) is 4. The van der Waals surface area contributed by atoms with Crippen molar-refractivity contribution in [1.29, 1.82) is 0 Å². The number of carbonyl (C=O) groups excluding carboxylic acids is 1. The van der Waals surface area contributed by atoms with E-state index in [1.165, 1.54) is 23.9 Å². The molecule has 1 aromatic carbocycles. The first-order valence-electron chi connectivity index (χ1n) is 6.07. The fourth-order valence-electron chi connectivity index (χ4n) is 1.62. The summed E-state index contributed by atoms with van der Waals surface area (Å²) in [4.78, 5) is 27.0. The number of carboxylic acids is 1. The maximum Gasteiger partial charge on any atom is 0.336 e. The van der Waals surface area contributed by atoms with Gasteiger partial charge in [-0.25, -0.2) is 4.79 Å². The van der Waals surface area contributed by atoms with Crippen LogP contribution in [-0.2, 0) is 0 Å². The number of amides is 1. The van der Waals surface area contributed by atoms with E-state index in [2.05, 4.69) is 15.8 Å². The van der Waals surface area contributed by atoms with Crippen molar-refractivity contribution in [3.8, 4) is 0 Å². The average Bonchev–Trinajstić information content (AvgIpc) is 2.87. The molecule has 7 heteroatoms. The summed E-state index contributed by atoms with van der Waals surface area (Å²) in [6.07, 6.45) is 0. The van der Waals surface area contributed by atoms with Crippen LogP contribution in [0.5, 0.6) is 0 Å². The molecular weight excluding hydrogens is 278 g/mol. The summed E-state index contributed by atoms with van der Waals surface area (Å²) in [7, 11) is 0. The Morgan fingerprint density at radius 3 is 2.55 bits per heavy atom. The van der Waals surface area contributed by atoms with Gasteiger partial charge in [0.15, 0.2) is 0 Å². The summed E-state index contributed by atoms with van der Waals surface area (Å²) >= 11 is 1.36. The average molecular weight is 292 g/mol. The molecule has 2 rings (SSSR count). The lowest BCUT2D eigenvalue weighted by molar-refractivity contribution is 0.0692. The Bertz CT molecular complexity index is 572. The van der Waals surface area contributed by atoms with Gasteiger partial charge in [-0.1, -0.05) is 37.7 Å². The third-order valence-electron chi connectivity index (χ3n) is 2.71. The third-order valence-corrected chi connectivity index (χ3v) is 4.01. The molecule has 6 nitrogen and oxygen atoms in total. The highest BCUT2D eigenvalue weighted by Gasteiger charge is 2.26. The van der Waals surface area contributed by atoms with Crippen LogP contribution in [0.4, 0.5) is 0 Å². The first kappa shape index (κ1) is 14.5. The second-order valence-corrected chi connectivity index (χ2v) is 5.68. The van der Waals surface area contributed by atoms with Gasteiger partial charge in [-0.05, 0) is 18.1 Å². The molecule has 105 valence electrons. The molecule has 0 aliphatic carbocycles. The summed E-state index contributed by atoms with van der Waals surface area (Å²) in [5.41, 5.74) is 6.87. The molecule has 0 aromatic heterocycles. The number of nitrogens with one attached hydrogen (secondary N) is 1. The SMILES string of the molecule is CC(C)C1N[N]C(=NC(=O)c2ccccc2C(=O)O)S1. The molecule has 0 bridgehead atoms. The molecule has 1 fully saturated rings. The number of rotatable bonds is 3. The van der Waals surface area contributed by atoms with Gasteiger partial charge in [0.1, 0.15) is 0 Å². The third kappa shape index (κ3) is 3.17. The molecular formula is C13H14N3O3S. The van der Waals surface area contributed by atoms with E-state index in [1.807, 2.05) is 13.8 Å². The summed E-state index contributed by atoms with van der Waals surface area (Å²) in [6, 6.07) is 6.00. The van der Waals surface area contributed by atoms with Crippen molar-refractivity contribution < 1.29 is 14.7 Å². The zero-order chi connectivity index (χ0) is 14.7. The summed E-state index contributed by atoms with van der Waals surface area (Å²) in [5.74, 6) is -1.40. The fraction of sp³-hybridized carbons (Fsp3) is 0.308. The van der Waals surface area contributed by atoms with Crippen molar-refractivity contribution in [3.05, 3.63) is 35.4 Å². The second-order valence-electron chi connectivity index (χ2n) is 4.57. The molecule has 1 heterocycles. The monoisotopic (exact) mass is 292 g/mol. The number of carbonyl (C=O) groups is 2. The Labute approximate surface area is 120 Å². The van der Waals surface area contributed by atoms with E-state index >= 15 is 0 Å². The van der Waals surface area contributed by atoms with Crippen molar-refractivity contribution in [2.45, 2.75) is 19.2 Å². The molecule has 1 atom stereocenters. The normalized spacial score (nSPS) is 20.1. The molecule has 1 radical (unpaired) electrons. The smallest absolute Gasteiger partial charge is 0.336 e. The first-order chi connectivity index (χ1) is 9.49. The predicted octanol–water partition coefficient (Wildman–Crippen LogP) is 1.72. The van der Waals surface area contributed by atoms with Gasteiger partial charge >= 0.3 is 5.97 Å². The lowest BCUT2D eigenvalue weighted by atomic mass is 10.1. The van der Waals surface area contributed by atoms with E-state index in [9.17, 15) is 9.59 Å². The van der Waals surface area contributed by atoms with Crippen molar-refractivity contribution in [2.24, 2.45) is 10.9 Å². The first-order valence-corrected chi connectivity index (χ1v) is 6.95. The number of amidine groups is 1. The van der Waals surface area contributed by atoms with Crippen molar-refractivity contribution in [3.63, 3.8) is 0 Å². The van der Waals surface area contributed by atoms with E-state index in [0.717, 1.165) is 0 Å². The molecule has 20 heavy (non-hydrogen) atoms. The Morgan fingerprint density at radius 2 is 2.00 bits per heavy atom. The number of benzene rings is 1. The van der Waals surface area contributed by atoms with Gasteiger partial charge in [-0.3, -0.25) is 4.79 Å². The number of carboxylic acid groups (broad SMARTS) is 1. The Kier molecular flexibility index (Phi) is 4.41. The molecule has 2 N–H and O–H groups in total. The maximum absolute atomic E-state index is 12.1. The topological polar surface area (TPSA) is 92.9 Å². The van der Waals surface area contributed by atoms with Crippen LogP contribution in [0, 0.1) is 5.92 Å². The maximum atomic E-state index is 12.1. The second kappa shape index (κ2) is 6.06. The highest BCUT2D eigenvalue weighted by Crippen LogP contribution is 2.23. The van der Waals surface area contributed by atoms with Crippen LogP contribution in [-0.4, -0.2) is 27.5 Å². The van der Waals surface area contributed by atoms with Gasteiger partial charge < -0.3 is 5.11 Å². The summed E-state index contributed by atoms with van der Waals surface area (Å²) < 4.78 is 0. The van der Waals surface area contributed by atoms with E-state index < -0.39 is 11.9 Å². The van der Waals surface area contributed by atoms with Gasteiger partial charge in [0, 0.05) is 0 Å². The van der Waals surface area contributed by atoms with Crippen molar-refractivity contribution >= 4 is 28.8 Å². The Morgan fingerprint density at radius 1 is 1.35 bits per heavy atom. The minimum atomic E-state index is -1.15. The zero-order valence-corrected chi connectivity index (χ0v) is 11.8. The standard InChI is InChI=1S/C13H14N3O3S/c1-7(2)11-15-16-13(20-11)14-10(17)8-5-3-4-6-9(8)12(18)19/h3-7,11,15H,1-2H3,(H,18,19). The molecule has 1 unspecified atom stereocenters. The molecule has 0 spiro atoms.